The fraction of sp³-hybridized carbons (Fsp3) is 0.611. The molecule has 26 heavy (non-hydrogen) atoms. The van der Waals surface area contributed by atoms with Crippen molar-refractivity contribution < 1.29 is 9.13 Å². The molecule has 2 rings (SSSR count). The molecular weight excluding hydrogens is 448 g/mol. The minimum atomic E-state index is -0.196. The number of ether oxygens (including phenoxy) is 1. The van der Waals surface area contributed by atoms with Crippen LogP contribution in [0.2, 0.25) is 0 Å². The number of hydrogen-bond donors (Lipinski definition) is 2. The molecule has 0 atom stereocenters. The summed E-state index contributed by atoms with van der Waals surface area (Å²) < 4.78 is 19.4. The maximum atomic E-state index is 14.0. The van der Waals surface area contributed by atoms with Crippen LogP contribution in [0.3, 0.4) is 0 Å². The van der Waals surface area contributed by atoms with Gasteiger partial charge >= 0.3 is 0 Å². The summed E-state index contributed by atoms with van der Waals surface area (Å²) in [7, 11) is 3.84. The van der Waals surface area contributed by atoms with E-state index in [4.69, 9.17) is 10.5 Å². The summed E-state index contributed by atoms with van der Waals surface area (Å²) in [6.07, 6.45) is 1.00. The predicted molar refractivity (Wildman–Crippen MR) is 114 cm³/mol. The summed E-state index contributed by atoms with van der Waals surface area (Å²) in [5.41, 5.74) is 7.38. The Morgan fingerprint density at radius 1 is 1.35 bits per heavy atom. The highest BCUT2D eigenvalue weighted by atomic mass is 127. The van der Waals surface area contributed by atoms with Crippen molar-refractivity contribution in [1.82, 2.24) is 15.1 Å². The first-order valence-corrected chi connectivity index (χ1v) is 8.80. The van der Waals surface area contributed by atoms with Crippen molar-refractivity contribution in [2.45, 2.75) is 19.5 Å². The standard InChI is InChI=1S/C18H30FN5O.HI/c1-23(2)14-16-5-4-15(12-17(16)19)13-22-18(20)21-6-3-7-24-8-10-25-11-9-24;/h4-5,12H,3,6-11,13-14H2,1-2H3,(H3,20,21,22);1H. The molecule has 148 valence electrons. The van der Waals surface area contributed by atoms with E-state index in [1.807, 2.05) is 31.1 Å². The summed E-state index contributed by atoms with van der Waals surface area (Å²) in [6, 6.07) is 5.25. The van der Waals surface area contributed by atoms with Crippen LogP contribution in [0.5, 0.6) is 0 Å². The smallest absolute Gasteiger partial charge is 0.188 e. The summed E-state index contributed by atoms with van der Waals surface area (Å²) in [4.78, 5) is 8.61. The van der Waals surface area contributed by atoms with Gasteiger partial charge in [0, 0.05) is 31.7 Å². The number of morpholine rings is 1. The van der Waals surface area contributed by atoms with E-state index < -0.39 is 0 Å². The molecule has 1 fully saturated rings. The van der Waals surface area contributed by atoms with Gasteiger partial charge in [0.05, 0.1) is 19.8 Å². The summed E-state index contributed by atoms with van der Waals surface area (Å²) in [5.74, 6) is 0.207. The Hall–Kier alpha value is -0.970. The van der Waals surface area contributed by atoms with Gasteiger partial charge in [-0.05, 0) is 38.7 Å². The van der Waals surface area contributed by atoms with Gasteiger partial charge in [-0.25, -0.2) is 9.38 Å². The highest BCUT2D eigenvalue weighted by Crippen LogP contribution is 2.12. The van der Waals surface area contributed by atoms with E-state index in [1.54, 1.807) is 0 Å². The molecule has 0 amide bonds. The van der Waals surface area contributed by atoms with Crippen LogP contribution in [-0.4, -0.2) is 69.2 Å². The van der Waals surface area contributed by atoms with Gasteiger partial charge in [-0.15, -0.1) is 24.0 Å². The number of nitrogens with one attached hydrogen (secondary N) is 1. The molecule has 6 nitrogen and oxygen atoms in total. The van der Waals surface area contributed by atoms with Crippen molar-refractivity contribution in [2.24, 2.45) is 10.7 Å². The van der Waals surface area contributed by atoms with Gasteiger partial charge in [0.1, 0.15) is 5.82 Å². The Morgan fingerprint density at radius 3 is 2.73 bits per heavy atom. The van der Waals surface area contributed by atoms with Crippen molar-refractivity contribution in [3.05, 3.63) is 35.1 Å². The Bertz CT molecular complexity index is 565. The molecule has 0 spiro atoms. The van der Waals surface area contributed by atoms with Crippen LogP contribution in [-0.2, 0) is 17.8 Å². The normalized spacial score (nSPS) is 15.8. The number of nitrogens with two attached hydrogens (primary N) is 1. The van der Waals surface area contributed by atoms with Crippen LogP contribution in [0, 0.1) is 5.82 Å². The molecule has 1 aromatic carbocycles. The lowest BCUT2D eigenvalue weighted by Gasteiger charge is -2.26. The first-order valence-electron chi connectivity index (χ1n) is 8.80. The molecule has 1 heterocycles. The third kappa shape index (κ3) is 8.61. The number of rotatable bonds is 8. The molecule has 1 aromatic rings. The zero-order valence-corrected chi connectivity index (χ0v) is 18.0. The second kappa shape index (κ2) is 12.4. The molecule has 0 aliphatic carbocycles. The second-order valence-electron chi connectivity index (χ2n) is 6.60. The molecule has 0 radical (unpaired) electrons. The van der Waals surface area contributed by atoms with Gasteiger partial charge in [-0.3, -0.25) is 4.90 Å². The molecule has 0 saturated carbocycles. The van der Waals surface area contributed by atoms with E-state index in [0.717, 1.165) is 51.4 Å². The fourth-order valence-electron chi connectivity index (χ4n) is 2.73. The number of aliphatic imine (C=N–C) groups is 1. The zero-order valence-electron chi connectivity index (χ0n) is 15.7. The minimum Gasteiger partial charge on any atom is -0.379 e. The number of guanidine groups is 1. The first-order chi connectivity index (χ1) is 12.0. The molecule has 0 bridgehead atoms. The van der Waals surface area contributed by atoms with Gasteiger partial charge in [0.2, 0.25) is 0 Å². The molecule has 3 N–H and O–H groups in total. The third-order valence-electron chi connectivity index (χ3n) is 4.10. The zero-order chi connectivity index (χ0) is 18.1. The van der Waals surface area contributed by atoms with Crippen molar-refractivity contribution in [2.75, 3.05) is 53.5 Å². The van der Waals surface area contributed by atoms with E-state index in [9.17, 15) is 4.39 Å². The van der Waals surface area contributed by atoms with Gasteiger partial charge in [0.15, 0.2) is 5.96 Å². The Kier molecular flexibility index (Phi) is 11.0. The van der Waals surface area contributed by atoms with Crippen molar-refractivity contribution in [1.29, 1.82) is 0 Å². The largest absolute Gasteiger partial charge is 0.379 e. The average Bonchev–Trinajstić information content (AvgIpc) is 2.59. The third-order valence-corrected chi connectivity index (χ3v) is 4.10. The Balaban J connectivity index is 0.00000338. The lowest BCUT2D eigenvalue weighted by atomic mass is 10.1. The highest BCUT2D eigenvalue weighted by molar-refractivity contribution is 14.0. The number of halogens is 2. The summed E-state index contributed by atoms with van der Waals surface area (Å²) in [5, 5.41) is 3.11. The molecule has 8 heteroatoms. The van der Waals surface area contributed by atoms with Crippen LogP contribution in [0.25, 0.3) is 0 Å². The Morgan fingerprint density at radius 2 is 2.08 bits per heavy atom. The number of hydrogen-bond acceptors (Lipinski definition) is 4. The molecule has 1 aliphatic rings. The highest BCUT2D eigenvalue weighted by Gasteiger charge is 2.09. The number of benzene rings is 1. The van der Waals surface area contributed by atoms with Gasteiger partial charge in [-0.2, -0.15) is 0 Å². The quantitative estimate of drug-likeness (QED) is 0.257. The molecule has 1 saturated heterocycles. The van der Waals surface area contributed by atoms with Gasteiger partial charge in [-0.1, -0.05) is 12.1 Å². The average molecular weight is 479 g/mol. The monoisotopic (exact) mass is 479 g/mol. The van der Waals surface area contributed by atoms with E-state index in [1.165, 1.54) is 6.07 Å². The van der Waals surface area contributed by atoms with Crippen LogP contribution < -0.4 is 11.1 Å². The van der Waals surface area contributed by atoms with Crippen LogP contribution in [0.15, 0.2) is 23.2 Å². The van der Waals surface area contributed by atoms with E-state index in [0.29, 0.717) is 24.6 Å². The Labute approximate surface area is 173 Å². The predicted octanol–water partition coefficient (Wildman–Crippen LogP) is 1.63. The minimum absolute atomic E-state index is 0. The van der Waals surface area contributed by atoms with Gasteiger partial charge in [0.25, 0.3) is 0 Å². The molecule has 1 aliphatic heterocycles. The van der Waals surface area contributed by atoms with Crippen LogP contribution in [0.1, 0.15) is 17.5 Å². The maximum Gasteiger partial charge on any atom is 0.188 e. The molecule has 0 aromatic heterocycles. The number of nitrogens with zero attached hydrogens (tertiary/aromatic N) is 3. The van der Waals surface area contributed by atoms with E-state index in [2.05, 4.69) is 15.2 Å². The summed E-state index contributed by atoms with van der Waals surface area (Å²) in [6.45, 7) is 6.41. The van der Waals surface area contributed by atoms with Crippen molar-refractivity contribution in [3.63, 3.8) is 0 Å². The van der Waals surface area contributed by atoms with Gasteiger partial charge < -0.3 is 20.7 Å². The van der Waals surface area contributed by atoms with Crippen LogP contribution in [0.4, 0.5) is 4.39 Å². The topological polar surface area (TPSA) is 66.1 Å². The first kappa shape index (κ1) is 23.1. The maximum absolute atomic E-state index is 14.0. The van der Waals surface area contributed by atoms with E-state index >= 15 is 0 Å². The van der Waals surface area contributed by atoms with Crippen LogP contribution >= 0.6 is 24.0 Å². The lowest BCUT2D eigenvalue weighted by molar-refractivity contribution is 0.0376. The van der Waals surface area contributed by atoms with Crippen molar-refractivity contribution in [3.8, 4) is 0 Å². The fourth-order valence-corrected chi connectivity index (χ4v) is 2.73. The SMILES string of the molecule is CN(C)Cc1ccc(CN=C(N)NCCCN2CCOCC2)cc1F.I. The van der Waals surface area contributed by atoms with Crippen molar-refractivity contribution >= 4 is 29.9 Å². The summed E-state index contributed by atoms with van der Waals surface area (Å²) >= 11 is 0. The second-order valence-corrected chi connectivity index (χ2v) is 6.60. The lowest BCUT2D eigenvalue weighted by Crippen LogP contribution is -2.39. The van der Waals surface area contributed by atoms with E-state index in [-0.39, 0.29) is 29.8 Å². The molecule has 0 unspecified atom stereocenters. The molecular formula is C18H31FIN5O.